The topological polar surface area (TPSA) is 76.6 Å². The van der Waals surface area contributed by atoms with E-state index < -0.39 is 5.79 Å². The van der Waals surface area contributed by atoms with Crippen molar-refractivity contribution in [3.63, 3.8) is 0 Å². The quantitative estimate of drug-likeness (QED) is 0.870. The van der Waals surface area contributed by atoms with Crippen molar-refractivity contribution in [2.45, 2.75) is 25.6 Å². The monoisotopic (exact) mass is 388 g/mol. The van der Waals surface area contributed by atoms with E-state index in [2.05, 4.69) is 15.3 Å². The van der Waals surface area contributed by atoms with Crippen LogP contribution >= 0.6 is 11.6 Å². The first-order valence-corrected chi connectivity index (χ1v) is 9.35. The van der Waals surface area contributed by atoms with Crippen molar-refractivity contribution in [2.75, 3.05) is 31.6 Å². The van der Waals surface area contributed by atoms with Gasteiger partial charge in [-0.2, -0.15) is 0 Å². The van der Waals surface area contributed by atoms with Gasteiger partial charge in [-0.1, -0.05) is 11.6 Å². The summed E-state index contributed by atoms with van der Waals surface area (Å²) in [4.78, 5) is 23.0. The minimum Gasteiger partial charge on any atom is -0.347 e. The SMILES string of the molecule is Cc1cc(Cl)ccc1Nc1cnc(C(=O)N2CCC3(CC2)OCCO3)cn1. The molecule has 7 nitrogen and oxygen atoms in total. The van der Waals surface area contributed by atoms with Gasteiger partial charge in [0.1, 0.15) is 11.5 Å². The summed E-state index contributed by atoms with van der Waals surface area (Å²) in [7, 11) is 0. The highest BCUT2D eigenvalue weighted by Gasteiger charge is 2.41. The third kappa shape index (κ3) is 3.90. The number of anilines is 2. The molecule has 2 aromatic rings. The van der Waals surface area contributed by atoms with Gasteiger partial charge in [0.05, 0.1) is 25.6 Å². The molecule has 0 aliphatic carbocycles. The summed E-state index contributed by atoms with van der Waals surface area (Å²) in [5.41, 5.74) is 2.23. The van der Waals surface area contributed by atoms with Crippen molar-refractivity contribution < 1.29 is 14.3 Å². The van der Waals surface area contributed by atoms with Gasteiger partial charge in [-0.25, -0.2) is 9.97 Å². The molecular weight excluding hydrogens is 368 g/mol. The number of benzene rings is 1. The summed E-state index contributed by atoms with van der Waals surface area (Å²) in [6, 6.07) is 5.56. The number of amides is 1. The third-order valence-corrected chi connectivity index (χ3v) is 5.18. The van der Waals surface area contributed by atoms with Crippen LogP contribution in [0.3, 0.4) is 0 Å². The summed E-state index contributed by atoms with van der Waals surface area (Å²) in [5.74, 6) is -0.0425. The Bertz CT molecular complexity index is 827. The lowest BCUT2D eigenvalue weighted by Gasteiger charge is -2.37. The zero-order valence-corrected chi connectivity index (χ0v) is 15.8. The van der Waals surface area contributed by atoms with Crippen LogP contribution in [0.2, 0.25) is 5.02 Å². The first-order valence-electron chi connectivity index (χ1n) is 8.97. The summed E-state index contributed by atoms with van der Waals surface area (Å²) in [6.07, 6.45) is 4.43. The average molecular weight is 389 g/mol. The van der Waals surface area contributed by atoms with Crippen molar-refractivity contribution in [1.82, 2.24) is 14.9 Å². The molecule has 0 radical (unpaired) electrons. The van der Waals surface area contributed by atoms with Crippen LogP contribution in [-0.2, 0) is 9.47 Å². The van der Waals surface area contributed by atoms with E-state index in [4.69, 9.17) is 21.1 Å². The van der Waals surface area contributed by atoms with E-state index in [0.29, 0.717) is 55.7 Å². The summed E-state index contributed by atoms with van der Waals surface area (Å²) < 4.78 is 11.4. The Kier molecular flexibility index (Phi) is 4.99. The number of hydrogen-bond acceptors (Lipinski definition) is 6. The maximum absolute atomic E-state index is 12.7. The van der Waals surface area contributed by atoms with Gasteiger partial charge in [0.15, 0.2) is 5.79 Å². The van der Waals surface area contributed by atoms with Crippen molar-refractivity contribution in [2.24, 2.45) is 0 Å². The Hall–Kier alpha value is -2.22. The van der Waals surface area contributed by atoms with Crippen LogP contribution in [0.4, 0.5) is 11.5 Å². The highest BCUT2D eigenvalue weighted by molar-refractivity contribution is 6.30. The molecule has 2 fully saturated rings. The van der Waals surface area contributed by atoms with Crippen LogP contribution in [0.1, 0.15) is 28.9 Å². The largest absolute Gasteiger partial charge is 0.347 e. The van der Waals surface area contributed by atoms with Gasteiger partial charge in [-0.05, 0) is 30.7 Å². The number of aromatic nitrogens is 2. The second-order valence-electron chi connectivity index (χ2n) is 6.77. The highest BCUT2D eigenvalue weighted by Crippen LogP contribution is 2.31. The molecule has 0 atom stereocenters. The molecule has 142 valence electrons. The molecule has 0 bridgehead atoms. The fraction of sp³-hybridized carbons (Fsp3) is 0.421. The number of rotatable bonds is 3. The Morgan fingerprint density at radius 3 is 2.56 bits per heavy atom. The molecule has 2 saturated heterocycles. The predicted octanol–water partition coefficient (Wildman–Crippen LogP) is 3.16. The highest BCUT2D eigenvalue weighted by atomic mass is 35.5. The van der Waals surface area contributed by atoms with Gasteiger partial charge >= 0.3 is 0 Å². The lowest BCUT2D eigenvalue weighted by atomic mass is 10.0. The fourth-order valence-corrected chi connectivity index (χ4v) is 3.63. The van der Waals surface area contributed by atoms with E-state index in [1.165, 1.54) is 6.20 Å². The van der Waals surface area contributed by atoms with Crippen molar-refractivity contribution >= 4 is 29.0 Å². The molecule has 1 aromatic carbocycles. The van der Waals surface area contributed by atoms with E-state index in [1.54, 1.807) is 11.1 Å². The van der Waals surface area contributed by atoms with E-state index in [0.717, 1.165) is 11.3 Å². The smallest absolute Gasteiger partial charge is 0.274 e. The van der Waals surface area contributed by atoms with Gasteiger partial charge in [0, 0.05) is 36.6 Å². The normalized spacial score (nSPS) is 18.7. The van der Waals surface area contributed by atoms with Crippen molar-refractivity contribution in [1.29, 1.82) is 0 Å². The molecular formula is C19H21ClN4O3. The van der Waals surface area contributed by atoms with Gasteiger partial charge < -0.3 is 19.7 Å². The van der Waals surface area contributed by atoms with Gasteiger partial charge in [0.2, 0.25) is 0 Å². The first kappa shape index (κ1) is 18.2. The van der Waals surface area contributed by atoms with Gasteiger partial charge in [-0.3, -0.25) is 4.79 Å². The number of nitrogens with zero attached hydrogens (tertiary/aromatic N) is 3. The second kappa shape index (κ2) is 7.42. The zero-order chi connectivity index (χ0) is 18.9. The maximum Gasteiger partial charge on any atom is 0.274 e. The lowest BCUT2D eigenvalue weighted by molar-refractivity contribution is -0.181. The Balaban J connectivity index is 1.39. The average Bonchev–Trinajstić information content (AvgIpc) is 3.13. The van der Waals surface area contributed by atoms with Crippen LogP contribution in [0.25, 0.3) is 0 Å². The molecule has 1 spiro atoms. The van der Waals surface area contributed by atoms with Crippen LogP contribution in [0.5, 0.6) is 0 Å². The second-order valence-corrected chi connectivity index (χ2v) is 7.21. The Morgan fingerprint density at radius 1 is 1.19 bits per heavy atom. The first-order chi connectivity index (χ1) is 13.0. The van der Waals surface area contributed by atoms with Gasteiger partial charge in [0.25, 0.3) is 5.91 Å². The minimum atomic E-state index is -0.493. The van der Waals surface area contributed by atoms with E-state index >= 15 is 0 Å². The number of ether oxygens (including phenoxy) is 2. The number of nitrogens with one attached hydrogen (secondary N) is 1. The number of aryl methyl sites for hydroxylation is 1. The van der Waals surface area contributed by atoms with Crippen LogP contribution in [-0.4, -0.2) is 52.9 Å². The number of halogens is 1. The minimum absolute atomic E-state index is 0.121. The fourth-order valence-electron chi connectivity index (χ4n) is 3.41. The van der Waals surface area contributed by atoms with Crippen LogP contribution in [0.15, 0.2) is 30.6 Å². The lowest BCUT2D eigenvalue weighted by Crippen LogP contribution is -2.47. The summed E-state index contributed by atoms with van der Waals surface area (Å²) in [6.45, 7) is 4.39. The molecule has 0 saturated carbocycles. The third-order valence-electron chi connectivity index (χ3n) is 4.95. The van der Waals surface area contributed by atoms with E-state index in [-0.39, 0.29) is 5.91 Å². The van der Waals surface area contributed by atoms with Crippen LogP contribution in [0, 0.1) is 6.92 Å². The molecule has 8 heteroatoms. The summed E-state index contributed by atoms with van der Waals surface area (Å²) in [5, 5.41) is 3.87. The van der Waals surface area contributed by atoms with Crippen molar-refractivity contribution in [3.8, 4) is 0 Å². The molecule has 1 aromatic heterocycles. The zero-order valence-electron chi connectivity index (χ0n) is 15.1. The molecule has 0 unspecified atom stereocenters. The maximum atomic E-state index is 12.7. The molecule has 2 aliphatic rings. The molecule has 3 heterocycles. The molecule has 1 amide bonds. The number of likely N-dealkylation sites (tertiary alicyclic amines) is 1. The van der Waals surface area contributed by atoms with Crippen LogP contribution < -0.4 is 5.32 Å². The van der Waals surface area contributed by atoms with E-state index in [1.807, 2.05) is 25.1 Å². The standard InChI is InChI=1S/C19H21ClN4O3/c1-13-10-14(20)2-3-15(13)23-17-12-21-16(11-22-17)18(25)24-6-4-19(5-7-24)26-8-9-27-19/h2-3,10-12H,4-9H2,1H3,(H,22,23). The molecule has 27 heavy (non-hydrogen) atoms. The number of carbonyl (C=O) groups excluding carboxylic acids is 1. The van der Waals surface area contributed by atoms with Gasteiger partial charge in [-0.15, -0.1) is 0 Å². The predicted molar refractivity (Wildman–Crippen MR) is 101 cm³/mol. The number of carbonyl (C=O) groups is 1. The summed E-state index contributed by atoms with van der Waals surface area (Å²) >= 11 is 5.98. The van der Waals surface area contributed by atoms with E-state index in [9.17, 15) is 4.79 Å². The Morgan fingerprint density at radius 2 is 1.93 bits per heavy atom. The Labute approximate surface area is 162 Å². The number of piperidine rings is 1. The molecule has 2 aliphatic heterocycles. The molecule has 4 rings (SSSR count). The molecule has 1 N–H and O–H groups in total. The van der Waals surface area contributed by atoms with Crippen molar-refractivity contribution in [3.05, 3.63) is 46.9 Å². The number of hydrogen-bond donors (Lipinski definition) is 1.